The van der Waals surface area contributed by atoms with E-state index in [1.54, 1.807) is 37.4 Å². The molecule has 4 rings (SSSR count). The molecule has 0 aliphatic rings. The van der Waals surface area contributed by atoms with Gasteiger partial charge in [-0.1, -0.05) is 24.3 Å². The molecule has 0 spiro atoms. The summed E-state index contributed by atoms with van der Waals surface area (Å²) in [6, 6.07) is 12.5. The van der Waals surface area contributed by atoms with Crippen molar-refractivity contribution in [1.82, 2.24) is 24.8 Å². The first-order valence-corrected chi connectivity index (χ1v) is 9.69. The molecule has 9 nitrogen and oxygen atoms in total. The number of aromatic nitrogens is 5. The number of rotatable bonds is 5. The van der Waals surface area contributed by atoms with Crippen LogP contribution in [0.25, 0.3) is 22.6 Å². The average molecular weight is 471 g/mol. The average Bonchev–Trinajstić information content (AvgIpc) is 3.47. The molecular formula is C22H16F3N5O4. The number of carbonyl (C=O) groups is 1. The summed E-state index contributed by atoms with van der Waals surface area (Å²) in [5, 5.41) is 21.0. The van der Waals surface area contributed by atoms with Crippen LogP contribution < -0.4 is 0 Å². The fraction of sp³-hybridized carbons (Fsp3) is 0.136. The van der Waals surface area contributed by atoms with Crippen molar-refractivity contribution in [2.45, 2.75) is 19.5 Å². The summed E-state index contributed by atoms with van der Waals surface area (Å²) in [5.41, 5.74) is 1.59. The molecule has 174 valence electrons. The largest absolute Gasteiger partial charge is 0.478 e. The molecule has 0 saturated heterocycles. The van der Waals surface area contributed by atoms with Crippen LogP contribution in [0.3, 0.4) is 0 Å². The van der Waals surface area contributed by atoms with Gasteiger partial charge in [-0.3, -0.25) is 0 Å². The smallest absolute Gasteiger partial charge is 0.433 e. The highest BCUT2D eigenvalue weighted by atomic mass is 19.4. The minimum Gasteiger partial charge on any atom is -0.478 e. The molecule has 34 heavy (non-hydrogen) atoms. The molecule has 2 aromatic heterocycles. The number of benzene rings is 2. The van der Waals surface area contributed by atoms with E-state index in [9.17, 15) is 18.0 Å². The minimum atomic E-state index is -4.51. The topological polar surface area (TPSA) is 120 Å². The summed E-state index contributed by atoms with van der Waals surface area (Å²) in [7, 11) is 0. The Balaban J connectivity index is 0.00000103. The van der Waals surface area contributed by atoms with E-state index in [0.29, 0.717) is 16.9 Å². The minimum absolute atomic E-state index is 0.133. The number of hydrogen-bond acceptors (Lipinski definition) is 6. The third-order valence-corrected chi connectivity index (χ3v) is 4.77. The Morgan fingerprint density at radius 3 is 2.15 bits per heavy atom. The van der Waals surface area contributed by atoms with E-state index in [0.717, 1.165) is 4.68 Å². The standard InChI is InChI=1S/C21H16F3N5O2.CO2/c1-2-13-11-25-29(19(13)21(22,23)24)17-9-3-14(4-10-17)18-12-28(27-26-18)16-7-5-15(6-8-16)20(30)31;2-1-3/h3-12H,2H2,1H3,(H,30,31);. The van der Waals surface area contributed by atoms with E-state index in [1.165, 1.54) is 35.1 Å². The van der Waals surface area contributed by atoms with Crippen LogP contribution >= 0.6 is 0 Å². The van der Waals surface area contributed by atoms with E-state index < -0.39 is 17.8 Å². The van der Waals surface area contributed by atoms with Gasteiger partial charge in [-0.2, -0.15) is 27.9 Å². The third kappa shape index (κ3) is 5.08. The lowest BCUT2D eigenvalue weighted by Crippen LogP contribution is -2.15. The number of aryl methyl sites for hydroxylation is 1. The number of hydrogen-bond donors (Lipinski definition) is 1. The highest BCUT2D eigenvalue weighted by Crippen LogP contribution is 2.34. The van der Waals surface area contributed by atoms with E-state index in [4.69, 9.17) is 14.7 Å². The van der Waals surface area contributed by atoms with Crippen LogP contribution in [0.2, 0.25) is 0 Å². The first-order valence-electron chi connectivity index (χ1n) is 9.69. The second kappa shape index (κ2) is 9.92. The molecule has 0 amide bonds. The van der Waals surface area contributed by atoms with Crippen molar-refractivity contribution < 1.29 is 32.7 Å². The number of carboxylic acids is 1. The second-order valence-corrected chi connectivity index (χ2v) is 6.81. The fourth-order valence-electron chi connectivity index (χ4n) is 3.19. The van der Waals surface area contributed by atoms with Crippen molar-refractivity contribution >= 4 is 12.1 Å². The maximum atomic E-state index is 13.5. The number of carboxylic acid groups (broad SMARTS) is 1. The SMILES string of the molecule is CCc1cnn(-c2ccc(-c3cn(-c4ccc(C(=O)O)cc4)nn3)cc2)c1C(F)(F)F.O=C=O. The Morgan fingerprint density at radius 1 is 1.03 bits per heavy atom. The summed E-state index contributed by atoms with van der Waals surface area (Å²) in [6.07, 6.45) is -1.16. The number of aromatic carboxylic acids is 1. The van der Waals surface area contributed by atoms with E-state index >= 15 is 0 Å². The predicted octanol–water partition coefficient (Wildman–Crippen LogP) is 3.82. The van der Waals surface area contributed by atoms with E-state index in [2.05, 4.69) is 15.4 Å². The third-order valence-electron chi connectivity index (χ3n) is 4.77. The lowest BCUT2D eigenvalue weighted by molar-refractivity contribution is -0.191. The summed E-state index contributed by atoms with van der Waals surface area (Å²) in [5.74, 6) is -1.03. The van der Waals surface area contributed by atoms with Gasteiger partial charge < -0.3 is 5.11 Å². The van der Waals surface area contributed by atoms with Crippen LogP contribution in [0, 0.1) is 0 Å². The molecule has 0 unspecified atom stereocenters. The van der Waals surface area contributed by atoms with Gasteiger partial charge in [0.15, 0.2) is 5.69 Å². The van der Waals surface area contributed by atoms with Crippen molar-refractivity contribution in [2.75, 3.05) is 0 Å². The van der Waals surface area contributed by atoms with Crippen LogP contribution in [0.1, 0.15) is 28.5 Å². The van der Waals surface area contributed by atoms with Gasteiger partial charge in [0.1, 0.15) is 5.69 Å². The summed E-state index contributed by atoms with van der Waals surface area (Å²) >= 11 is 0. The van der Waals surface area contributed by atoms with E-state index in [-0.39, 0.29) is 29.4 Å². The number of alkyl halides is 3. The number of carbonyl (C=O) groups excluding carboxylic acids is 2. The number of nitrogens with zero attached hydrogens (tertiary/aromatic N) is 5. The summed E-state index contributed by atoms with van der Waals surface area (Å²) in [4.78, 5) is 27.2. The molecule has 1 N–H and O–H groups in total. The molecule has 0 bridgehead atoms. The molecule has 0 radical (unpaired) electrons. The molecule has 2 aromatic carbocycles. The second-order valence-electron chi connectivity index (χ2n) is 6.81. The van der Waals surface area contributed by atoms with Gasteiger partial charge in [-0.05, 0) is 42.8 Å². The molecule has 2 heterocycles. The zero-order valence-electron chi connectivity index (χ0n) is 17.5. The normalized spacial score (nSPS) is 10.8. The molecule has 4 aromatic rings. The molecule has 12 heteroatoms. The fourth-order valence-corrected chi connectivity index (χ4v) is 3.19. The van der Waals surface area contributed by atoms with Gasteiger partial charge in [-0.25, -0.2) is 14.2 Å². The van der Waals surface area contributed by atoms with Crippen LogP contribution in [0.4, 0.5) is 13.2 Å². The van der Waals surface area contributed by atoms with Crippen LogP contribution in [0.15, 0.2) is 60.9 Å². The summed E-state index contributed by atoms with van der Waals surface area (Å²) in [6.45, 7) is 1.65. The summed E-state index contributed by atoms with van der Waals surface area (Å²) < 4.78 is 42.8. The van der Waals surface area contributed by atoms with Gasteiger partial charge >= 0.3 is 18.3 Å². The number of halogens is 3. The first kappa shape index (κ1) is 24.1. The lowest BCUT2D eigenvalue weighted by atomic mass is 10.1. The highest BCUT2D eigenvalue weighted by molar-refractivity contribution is 5.87. The Labute approximate surface area is 190 Å². The monoisotopic (exact) mass is 471 g/mol. The van der Waals surface area contributed by atoms with Crippen LogP contribution in [0.5, 0.6) is 0 Å². The maximum Gasteiger partial charge on any atom is 0.433 e. The molecule has 0 atom stereocenters. The molecule has 0 aliphatic heterocycles. The Morgan fingerprint density at radius 2 is 1.62 bits per heavy atom. The van der Waals surface area contributed by atoms with Crippen molar-refractivity contribution in [1.29, 1.82) is 0 Å². The van der Waals surface area contributed by atoms with Gasteiger partial charge in [0.05, 0.1) is 29.3 Å². The Bertz CT molecular complexity index is 1320. The maximum absolute atomic E-state index is 13.5. The van der Waals surface area contributed by atoms with E-state index in [1.807, 2.05) is 0 Å². The highest BCUT2D eigenvalue weighted by Gasteiger charge is 2.38. The van der Waals surface area contributed by atoms with Gasteiger partial charge in [0.25, 0.3) is 0 Å². The molecular weight excluding hydrogens is 455 g/mol. The van der Waals surface area contributed by atoms with Crippen LogP contribution in [-0.4, -0.2) is 42.0 Å². The zero-order valence-corrected chi connectivity index (χ0v) is 17.5. The Kier molecular flexibility index (Phi) is 7.03. The van der Waals surface area contributed by atoms with Gasteiger partial charge in [0.2, 0.25) is 0 Å². The van der Waals surface area contributed by atoms with Crippen molar-refractivity contribution in [3.63, 3.8) is 0 Å². The first-order chi connectivity index (χ1) is 16.2. The molecule has 0 fully saturated rings. The molecule has 0 aliphatic carbocycles. The Hall–Kier alpha value is -4.57. The van der Waals surface area contributed by atoms with Crippen molar-refractivity contribution in [2.24, 2.45) is 0 Å². The lowest BCUT2D eigenvalue weighted by Gasteiger charge is -2.12. The van der Waals surface area contributed by atoms with Crippen molar-refractivity contribution in [3.8, 4) is 22.6 Å². The zero-order chi connectivity index (χ0) is 24.9. The predicted molar refractivity (Wildman–Crippen MR) is 110 cm³/mol. The van der Waals surface area contributed by atoms with Crippen LogP contribution in [-0.2, 0) is 22.2 Å². The van der Waals surface area contributed by atoms with Gasteiger partial charge in [-0.15, -0.1) is 5.10 Å². The molecule has 0 saturated carbocycles. The quantitative estimate of drug-likeness (QED) is 0.470. The van der Waals surface area contributed by atoms with Crippen molar-refractivity contribution in [3.05, 3.63) is 77.7 Å². The van der Waals surface area contributed by atoms with Gasteiger partial charge in [0, 0.05) is 11.1 Å².